The van der Waals surface area contributed by atoms with E-state index in [1.165, 1.54) is 12.1 Å². The average molecular weight is 384 g/mol. The number of carbonyl (C=O) groups is 1. The number of benzene rings is 1. The second kappa shape index (κ2) is 8.26. The quantitative estimate of drug-likeness (QED) is 0.738. The molecule has 2 rings (SSSR count). The van der Waals surface area contributed by atoms with Crippen LogP contribution in [0.2, 0.25) is 0 Å². The molecule has 26 heavy (non-hydrogen) atoms. The third-order valence-corrected chi connectivity index (χ3v) is 6.51. The Bertz CT molecular complexity index is 748. The van der Waals surface area contributed by atoms with Gasteiger partial charge in [-0.3, -0.25) is 4.79 Å². The Balaban J connectivity index is 2.05. The summed E-state index contributed by atoms with van der Waals surface area (Å²) in [6, 6.07) is 4.54. The van der Waals surface area contributed by atoms with E-state index in [2.05, 4.69) is 5.32 Å². The minimum Gasteiger partial charge on any atom is -0.490 e. The van der Waals surface area contributed by atoms with E-state index in [1.54, 1.807) is 6.07 Å². The van der Waals surface area contributed by atoms with E-state index in [9.17, 15) is 13.2 Å². The number of nitrogens with one attached hydrogen (secondary N) is 1. The van der Waals surface area contributed by atoms with Crippen LogP contribution in [0.5, 0.6) is 11.5 Å². The zero-order valence-electron chi connectivity index (χ0n) is 15.6. The van der Waals surface area contributed by atoms with E-state index in [1.807, 2.05) is 20.8 Å². The maximum absolute atomic E-state index is 12.6. The van der Waals surface area contributed by atoms with E-state index in [4.69, 9.17) is 15.2 Å². The number of fused-ring (bicyclic) bond motifs is 1. The number of amides is 1. The van der Waals surface area contributed by atoms with Crippen LogP contribution in [0.25, 0.3) is 0 Å². The van der Waals surface area contributed by atoms with Gasteiger partial charge in [-0.1, -0.05) is 13.8 Å². The first-order valence-electron chi connectivity index (χ1n) is 8.81. The molecule has 146 valence electrons. The molecule has 1 atom stereocenters. The lowest BCUT2D eigenvalue weighted by Gasteiger charge is -2.33. The van der Waals surface area contributed by atoms with Crippen molar-refractivity contribution in [2.45, 2.75) is 44.0 Å². The number of rotatable bonds is 7. The number of nitrogens with two attached hydrogens (primary N) is 1. The summed E-state index contributed by atoms with van der Waals surface area (Å²) >= 11 is 0. The number of hydrogen-bond acceptors (Lipinski definition) is 6. The predicted octanol–water partition coefficient (Wildman–Crippen LogP) is 1.50. The van der Waals surface area contributed by atoms with Gasteiger partial charge in [-0.05, 0) is 25.0 Å². The maximum Gasteiger partial charge on any atom is 0.221 e. The summed E-state index contributed by atoms with van der Waals surface area (Å²) in [5.74, 6) is 0.481. The van der Waals surface area contributed by atoms with Gasteiger partial charge in [0, 0.05) is 25.5 Å². The van der Waals surface area contributed by atoms with Gasteiger partial charge in [-0.25, -0.2) is 8.42 Å². The molecule has 1 amide bonds. The lowest BCUT2D eigenvalue weighted by atomic mass is 9.88. The van der Waals surface area contributed by atoms with Crippen LogP contribution in [-0.4, -0.2) is 45.4 Å². The minimum atomic E-state index is -3.61. The molecule has 0 saturated carbocycles. The highest BCUT2D eigenvalue weighted by Crippen LogP contribution is 2.32. The predicted molar refractivity (Wildman–Crippen MR) is 99.2 cm³/mol. The molecule has 0 radical (unpaired) electrons. The van der Waals surface area contributed by atoms with Gasteiger partial charge in [-0.2, -0.15) is 0 Å². The first kappa shape index (κ1) is 20.5. The van der Waals surface area contributed by atoms with E-state index in [0.717, 1.165) is 6.42 Å². The molecule has 3 N–H and O–H groups in total. The monoisotopic (exact) mass is 384 g/mol. The van der Waals surface area contributed by atoms with Crippen LogP contribution >= 0.6 is 0 Å². The van der Waals surface area contributed by atoms with Crippen molar-refractivity contribution in [2.75, 3.05) is 25.5 Å². The summed E-state index contributed by atoms with van der Waals surface area (Å²) in [6.07, 6.45) is 0.617. The van der Waals surface area contributed by atoms with Gasteiger partial charge in [0.15, 0.2) is 21.3 Å². The van der Waals surface area contributed by atoms with Crippen molar-refractivity contribution in [1.29, 1.82) is 0 Å². The Labute approximate surface area is 155 Å². The molecule has 1 aromatic carbocycles. The highest BCUT2D eigenvalue weighted by Gasteiger charge is 2.29. The summed E-state index contributed by atoms with van der Waals surface area (Å²) in [5, 5.41) is 2.85. The van der Waals surface area contributed by atoms with Gasteiger partial charge >= 0.3 is 0 Å². The molecule has 0 aliphatic carbocycles. The molecule has 0 spiro atoms. The fraction of sp³-hybridized carbons (Fsp3) is 0.611. The van der Waals surface area contributed by atoms with Crippen LogP contribution in [0.4, 0.5) is 0 Å². The second-order valence-corrected chi connectivity index (χ2v) is 9.16. The molecular formula is C18H28N2O5S. The van der Waals surface area contributed by atoms with E-state index in [-0.39, 0.29) is 35.4 Å². The second-order valence-electron chi connectivity index (χ2n) is 7.05. The molecule has 1 heterocycles. The van der Waals surface area contributed by atoms with Crippen LogP contribution in [0.3, 0.4) is 0 Å². The molecule has 1 unspecified atom stereocenters. The SMILES string of the molecule is CC(C)C(C)(CN)NC(=O)CCS(=O)(=O)c1ccc2c(c1)OCCCO2. The number of hydrogen-bond donors (Lipinski definition) is 2. The van der Waals surface area contributed by atoms with E-state index in [0.29, 0.717) is 24.7 Å². The molecule has 8 heteroatoms. The van der Waals surface area contributed by atoms with Gasteiger partial charge in [0.25, 0.3) is 0 Å². The molecular weight excluding hydrogens is 356 g/mol. The van der Waals surface area contributed by atoms with E-state index < -0.39 is 15.4 Å². The third kappa shape index (κ3) is 4.88. The summed E-state index contributed by atoms with van der Waals surface area (Å²) in [4.78, 5) is 12.3. The van der Waals surface area contributed by atoms with Crippen LogP contribution < -0.4 is 20.5 Å². The lowest BCUT2D eigenvalue weighted by molar-refractivity contribution is -0.122. The highest BCUT2D eigenvalue weighted by molar-refractivity contribution is 7.91. The minimum absolute atomic E-state index is 0.125. The van der Waals surface area contributed by atoms with E-state index >= 15 is 0 Å². The maximum atomic E-state index is 12.6. The number of ether oxygens (including phenoxy) is 2. The van der Waals surface area contributed by atoms with Crippen molar-refractivity contribution >= 4 is 15.7 Å². The fourth-order valence-corrected chi connectivity index (χ4v) is 3.75. The first-order valence-corrected chi connectivity index (χ1v) is 10.5. The Morgan fingerprint density at radius 2 is 1.92 bits per heavy atom. The highest BCUT2D eigenvalue weighted by atomic mass is 32.2. The zero-order chi connectivity index (χ0) is 19.4. The van der Waals surface area contributed by atoms with Crippen molar-refractivity contribution in [3.05, 3.63) is 18.2 Å². The van der Waals surface area contributed by atoms with Crippen LogP contribution in [0.15, 0.2) is 23.1 Å². The molecule has 7 nitrogen and oxygen atoms in total. The molecule has 0 bridgehead atoms. The molecule has 0 aromatic heterocycles. The Kier molecular flexibility index (Phi) is 6.52. The molecule has 1 aromatic rings. The summed E-state index contributed by atoms with van der Waals surface area (Å²) in [5.41, 5.74) is 5.19. The molecule has 0 saturated heterocycles. The number of sulfone groups is 1. The summed E-state index contributed by atoms with van der Waals surface area (Å²) in [7, 11) is -3.61. The first-order chi connectivity index (χ1) is 12.2. The van der Waals surface area contributed by atoms with Gasteiger partial charge in [0.1, 0.15) is 0 Å². The number of carbonyl (C=O) groups excluding carboxylic acids is 1. The summed E-state index contributed by atoms with van der Waals surface area (Å²) < 4.78 is 36.2. The molecule has 0 fully saturated rings. The van der Waals surface area contributed by atoms with Gasteiger partial charge in [0.05, 0.1) is 29.4 Å². The molecule has 1 aliphatic rings. The van der Waals surface area contributed by atoms with Gasteiger partial charge < -0.3 is 20.5 Å². The van der Waals surface area contributed by atoms with Gasteiger partial charge in [-0.15, -0.1) is 0 Å². The van der Waals surface area contributed by atoms with Crippen molar-refractivity contribution in [3.8, 4) is 11.5 Å². The lowest BCUT2D eigenvalue weighted by Crippen LogP contribution is -2.55. The van der Waals surface area contributed by atoms with Crippen LogP contribution in [-0.2, 0) is 14.6 Å². The average Bonchev–Trinajstić information content (AvgIpc) is 2.84. The molecule has 1 aliphatic heterocycles. The smallest absolute Gasteiger partial charge is 0.221 e. The van der Waals surface area contributed by atoms with Gasteiger partial charge in [0.2, 0.25) is 5.91 Å². The summed E-state index contributed by atoms with van der Waals surface area (Å²) in [6.45, 7) is 7.07. The van der Waals surface area contributed by atoms with Crippen LogP contribution in [0, 0.1) is 5.92 Å². The van der Waals surface area contributed by atoms with Crippen molar-refractivity contribution in [1.82, 2.24) is 5.32 Å². The Hall–Kier alpha value is -1.80. The normalized spacial score (nSPS) is 16.7. The van der Waals surface area contributed by atoms with Crippen molar-refractivity contribution < 1.29 is 22.7 Å². The van der Waals surface area contributed by atoms with Crippen molar-refractivity contribution in [3.63, 3.8) is 0 Å². The Morgan fingerprint density at radius 3 is 2.54 bits per heavy atom. The van der Waals surface area contributed by atoms with Crippen LogP contribution in [0.1, 0.15) is 33.6 Å². The Morgan fingerprint density at radius 1 is 1.27 bits per heavy atom. The third-order valence-electron chi connectivity index (χ3n) is 4.80. The largest absolute Gasteiger partial charge is 0.490 e. The fourth-order valence-electron chi connectivity index (χ4n) is 2.49. The standard InChI is InChI=1S/C18H28N2O5S/c1-13(2)18(3,12-19)20-17(21)7-10-26(22,23)14-5-6-15-16(11-14)25-9-4-8-24-15/h5-6,11,13H,4,7-10,12,19H2,1-3H3,(H,20,21). The topological polar surface area (TPSA) is 108 Å². The van der Waals surface area contributed by atoms with Crippen molar-refractivity contribution in [2.24, 2.45) is 11.7 Å². The zero-order valence-corrected chi connectivity index (χ0v) is 16.4.